The maximum atomic E-state index is 14.2. The molecule has 2 N–H and O–H groups in total. The van der Waals surface area contributed by atoms with E-state index in [0.29, 0.717) is 18.5 Å². The van der Waals surface area contributed by atoms with E-state index in [9.17, 15) is 18.7 Å². The molecule has 0 saturated carbocycles. The maximum Gasteiger partial charge on any atom is 0.335 e. The van der Waals surface area contributed by atoms with Crippen LogP contribution in [0.3, 0.4) is 0 Å². The van der Waals surface area contributed by atoms with E-state index in [1.165, 1.54) is 0 Å². The molecule has 0 radical (unpaired) electrons. The van der Waals surface area contributed by atoms with Gasteiger partial charge >= 0.3 is 11.7 Å². The molecule has 1 unspecified atom stereocenters. The molecule has 30 heavy (non-hydrogen) atoms. The first-order chi connectivity index (χ1) is 14.1. The van der Waals surface area contributed by atoms with Crippen LogP contribution in [0.25, 0.3) is 0 Å². The summed E-state index contributed by atoms with van der Waals surface area (Å²) in [5, 5.41) is 16.7. The number of carbonyl (C=O) groups excluding carboxylic acids is 1. The van der Waals surface area contributed by atoms with Gasteiger partial charge in [0.15, 0.2) is 0 Å². The van der Waals surface area contributed by atoms with E-state index in [2.05, 4.69) is 21.9 Å². The first kappa shape index (κ1) is 21.6. The van der Waals surface area contributed by atoms with Gasteiger partial charge in [-0.15, -0.1) is 0 Å². The highest BCUT2D eigenvalue weighted by molar-refractivity contribution is 6.01. The summed E-state index contributed by atoms with van der Waals surface area (Å²) < 4.78 is 28.3. The van der Waals surface area contributed by atoms with Gasteiger partial charge in [0, 0.05) is 6.54 Å². The Morgan fingerprint density at radius 2 is 1.80 bits per heavy atom. The summed E-state index contributed by atoms with van der Waals surface area (Å²) in [6, 6.07) is 14.7. The first-order valence-electron chi connectivity index (χ1n) is 9.53. The lowest BCUT2D eigenvalue weighted by atomic mass is 9.94. The summed E-state index contributed by atoms with van der Waals surface area (Å²) in [5.74, 6) is -6.46. The predicted molar refractivity (Wildman–Crippen MR) is 110 cm³/mol. The minimum absolute atomic E-state index is 0.0939. The maximum absolute atomic E-state index is 14.2. The van der Waals surface area contributed by atoms with Gasteiger partial charge in [0.25, 0.3) is 0 Å². The number of oxime groups is 1. The van der Waals surface area contributed by atoms with Crippen molar-refractivity contribution in [2.75, 3.05) is 0 Å². The highest BCUT2D eigenvalue weighted by atomic mass is 19.3. The Morgan fingerprint density at radius 1 is 1.20 bits per heavy atom. The fraction of sp³-hybridized carbons (Fsp3) is 0.304. The Kier molecular flexibility index (Phi) is 6.03. The largest absolute Gasteiger partial charge is 0.353 e. The summed E-state index contributed by atoms with van der Waals surface area (Å²) in [4.78, 5) is 16.8. The summed E-state index contributed by atoms with van der Waals surface area (Å²) in [6.45, 7) is 6.67. The molecular weight excluding hydrogens is 390 g/mol. The molecule has 0 aliphatic carbocycles. The molecule has 2 aromatic carbocycles. The third-order valence-corrected chi connectivity index (χ3v) is 5.00. The van der Waals surface area contributed by atoms with Crippen LogP contribution in [0.2, 0.25) is 0 Å². The molecule has 0 aromatic heterocycles. The average molecular weight is 414 g/mol. The molecule has 1 atom stereocenters. The highest BCUT2D eigenvalue weighted by Gasteiger charge is 2.59. The predicted octanol–water partition coefficient (Wildman–Crippen LogP) is 3.88. The van der Waals surface area contributed by atoms with Crippen LogP contribution in [0, 0.1) is 6.92 Å². The number of halogens is 2. The Hall–Kier alpha value is -3.06. The molecule has 1 aliphatic heterocycles. The summed E-state index contributed by atoms with van der Waals surface area (Å²) in [5.41, 5.74) is 3.19. The Bertz CT molecular complexity index is 969. The number of alkyl halides is 2. The molecular formula is C23H24F2N2O3. The molecule has 1 aliphatic rings. The summed E-state index contributed by atoms with van der Waals surface area (Å²) in [7, 11) is 0. The lowest BCUT2D eigenvalue weighted by molar-refractivity contribution is -0.290. The van der Waals surface area contributed by atoms with Crippen molar-refractivity contribution in [1.29, 1.82) is 0 Å². The number of hydrogen-bond donors (Lipinski definition) is 2. The van der Waals surface area contributed by atoms with Crippen molar-refractivity contribution in [3.05, 3.63) is 82.9 Å². The van der Waals surface area contributed by atoms with Crippen molar-refractivity contribution in [2.24, 2.45) is 5.16 Å². The fourth-order valence-electron chi connectivity index (χ4n) is 3.05. The third kappa shape index (κ3) is 4.57. The van der Waals surface area contributed by atoms with Crippen molar-refractivity contribution in [3.63, 3.8) is 0 Å². The SMILES string of the molecule is C=C(C)C(F)(F)C1(O)CC(c2ccc(CNC(=O)Cc3ccc(C)cc3)cc2)=NO1. The Morgan fingerprint density at radius 3 is 2.40 bits per heavy atom. The average Bonchev–Trinajstić information content (AvgIpc) is 3.12. The quantitative estimate of drug-likeness (QED) is 0.676. The molecule has 3 rings (SSSR count). The minimum Gasteiger partial charge on any atom is -0.353 e. The molecule has 1 amide bonds. The van der Waals surface area contributed by atoms with E-state index in [1.54, 1.807) is 24.3 Å². The van der Waals surface area contributed by atoms with Crippen LogP contribution in [0.4, 0.5) is 8.78 Å². The number of aliphatic hydroxyl groups is 1. The van der Waals surface area contributed by atoms with Gasteiger partial charge in [-0.05, 0) is 36.1 Å². The number of nitrogens with zero attached hydrogens (tertiary/aromatic N) is 1. The van der Waals surface area contributed by atoms with Crippen molar-refractivity contribution in [2.45, 2.75) is 44.9 Å². The van der Waals surface area contributed by atoms with Gasteiger partial charge < -0.3 is 15.3 Å². The highest BCUT2D eigenvalue weighted by Crippen LogP contribution is 2.41. The van der Waals surface area contributed by atoms with Crippen LogP contribution >= 0.6 is 0 Å². The van der Waals surface area contributed by atoms with Gasteiger partial charge in [0.1, 0.15) is 0 Å². The molecule has 5 nitrogen and oxygen atoms in total. The Balaban J connectivity index is 1.56. The lowest BCUT2D eigenvalue weighted by Gasteiger charge is -2.29. The standard InChI is InChI=1S/C23H24F2N2O3/c1-15(2)23(24,25)22(29)13-20(27-30-22)19-10-8-18(9-11-19)14-26-21(28)12-17-6-4-16(3)5-7-17/h4-11,29H,1,12-14H2,2-3H3,(H,26,28). The van der Waals surface area contributed by atoms with Gasteiger partial charge in [0.05, 0.1) is 18.6 Å². The monoisotopic (exact) mass is 414 g/mol. The lowest BCUT2D eigenvalue weighted by Crippen LogP contribution is -2.48. The van der Waals surface area contributed by atoms with E-state index in [1.807, 2.05) is 31.2 Å². The zero-order valence-electron chi connectivity index (χ0n) is 16.9. The second-order valence-electron chi connectivity index (χ2n) is 7.58. The fourth-order valence-corrected chi connectivity index (χ4v) is 3.05. The van der Waals surface area contributed by atoms with Crippen LogP contribution in [0.5, 0.6) is 0 Å². The number of aryl methyl sites for hydroxylation is 1. The molecule has 7 heteroatoms. The van der Waals surface area contributed by atoms with Crippen LogP contribution in [0.1, 0.15) is 35.6 Å². The van der Waals surface area contributed by atoms with Crippen molar-refractivity contribution in [3.8, 4) is 0 Å². The zero-order chi connectivity index (χ0) is 21.9. The first-order valence-corrected chi connectivity index (χ1v) is 9.53. The number of benzene rings is 2. The number of amides is 1. The number of rotatable bonds is 7. The van der Waals surface area contributed by atoms with Gasteiger partial charge in [-0.1, -0.05) is 65.8 Å². The molecule has 0 saturated heterocycles. The van der Waals surface area contributed by atoms with Gasteiger partial charge in [0.2, 0.25) is 5.91 Å². The second-order valence-corrected chi connectivity index (χ2v) is 7.58. The smallest absolute Gasteiger partial charge is 0.335 e. The van der Waals surface area contributed by atoms with Crippen LogP contribution < -0.4 is 5.32 Å². The van der Waals surface area contributed by atoms with E-state index in [4.69, 9.17) is 0 Å². The molecule has 0 bridgehead atoms. The molecule has 0 fully saturated rings. The number of hydrogen-bond acceptors (Lipinski definition) is 4. The zero-order valence-corrected chi connectivity index (χ0v) is 16.9. The van der Waals surface area contributed by atoms with E-state index >= 15 is 0 Å². The molecule has 2 aromatic rings. The van der Waals surface area contributed by atoms with Gasteiger partial charge in [-0.25, -0.2) is 0 Å². The number of nitrogens with one attached hydrogen (secondary N) is 1. The van der Waals surface area contributed by atoms with Crippen molar-refractivity contribution in [1.82, 2.24) is 5.32 Å². The van der Waals surface area contributed by atoms with E-state index < -0.39 is 23.7 Å². The Labute approximate surface area is 174 Å². The van der Waals surface area contributed by atoms with Crippen molar-refractivity contribution >= 4 is 11.6 Å². The summed E-state index contributed by atoms with van der Waals surface area (Å²) in [6.07, 6.45) is -0.165. The van der Waals surface area contributed by atoms with Crippen LogP contribution in [-0.4, -0.2) is 28.4 Å². The van der Waals surface area contributed by atoms with E-state index in [0.717, 1.165) is 23.6 Å². The number of carbonyl (C=O) groups is 1. The van der Waals surface area contributed by atoms with E-state index in [-0.39, 0.29) is 11.6 Å². The van der Waals surface area contributed by atoms with Crippen LogP contribution in [-0.2, 0) is 22.6 Å². The molecule has 0 spiro atoms. The normalized spacial score (nSPS) is 18.5. The molecule has 1 heterocycles. The topological polar surface area (TPSA) is 70.9 Å². The summed E-state index contributed by atoms with van der Waals surface area (Å²) >= 11 is 0. The molecule has 158 valence electrons. The van der Waals surface area contributed by atoms with Crippen molar-refractivity contribution < 1.29 is 23.5 Å². The van der Waals surface area contributed by atoms with Crippen LogP contribution in [0.15, 0.2) is 65.8 Å². The third-order valence-electron chi connectivity index (χ3n) is 5.00. The van der Waals surface area contributed by atoms with Gasteiger partial charge in [-0.2, -0.15) is 8.78 Å². The minimum atomic E-state index is -3.63. The van der Waals surface area contributed by atoms with Gasteiger partial charge in [-0.3, -0.25) is 4.79 Å². The second kappa shape index (κ2) is 8.36.